The minimum absolute atomic E-state index is 0.0296. The van der Waals surface area contributed by atoms with E-state index in [0.29, 0.717) is 0 Å². The van der Waals surface area contributed by atoms with Crippen molar-refractivity contribution in [3.8, 4) is 0 Å². The lowest BCUT2D eigenvalue weighted by atomic mass is 9.93. The number of amides is 2. The van der Waals surface area contributed by atoms with E-state index in [1.165, 1.54) is 27.2 Å². The van der Waals surface area contributed by atoms with Crippen molar-refractivity contribution in [1.29, 1.82) is 0 Å². The van der Waals surface area contributed by atoms with Crippen LogP contribution in [0.25, 0.3) is 0 Å². The monoisotopic (exact) mass is 299 g/mol. The molecule has 2 N–H and O–H groups in total. The molecule has 21 heavy (non-hydrogen) atoms. The highest BCUT2D eigenvalue weighted by molar-refractivity contribution is 5.87. The van der Waals surface area contributed by atoms with Crippen LogP contribution in [0, 0.1) is 10.1 Å². The van der Waals surface area contributed by atoms with Gasteiger partial charge in [0.05, 0.1) is 0 Å². The van der Waals surface area contributed by atoms with Gasteiger partial charge in [-0.3, -0.25) is 19.7 Å². The molecule has 1 aliphatic carbocycles. The van der Waals surface area contributed by atoms with Crippen LogP contribution in [0.15, 0.2) is 0 Å². The van der Waals surface area contributed by atoms with E-state index >= 15 is 0 Å². The van der Waals surface area contributed by atoms with Crippen molar-refractivity contribution in [3.63, 3.8) is 0 Å². The van der Waals surface area contributed by atoms with Gasteiger partial charge in [-0.25, -0.2) is 0 Å². The number of carbonyl (C=O) groups is 2. The van der Waals surface area contributed by atoms with Crippen molar-refractivity contribution in [2.24, 2.45) is 0 Å². The predicted molar refractivity (Wildman–Crippen MR) is 78.3 cm³/mol. The fraction of sp³-hybridized carbons (Fsp3) is 0.857. The van der Waals surface area contributed by atoms with Crippen molar-refractivity contribution in [2.45, 2.75) is 76.9 Å². The maximum Gasteiger partial charge on any atom is 0.243 e. The molecule has 0 heterocycles. The van der Waals surface area contributed by atoms with Gasteiger partial charge in [0.2, 0.25) is 17.4 Å². The zero-order valence-electron chi connectivity index (χ0n) is 13.0. The number of nitrogens with one attached hydrogen (secondary N) is 2. The molecule has 120 valence electrons. The Balaban J connectivity index is 2.69. The lowest BCUT2D eigenvalue weighted by Gasteiger charge is -2.27. The maximum atomic E-state index is 12.3. The zero-order chi connectivity index (χ0) is 16.0. The summed E-state index contributed by atoms with van der Waals surface area (Å²) in [5, 5.41) is 16.5. The fourth-order valence-electron chi connectivity index (χ4n) is 2.58. The van der Waals surface area contributed by atoms with Crippen LogP contribution in [0.1, 0.15) is 59.3 Å². The molecule has 0 spiro atoms. The van der Waals surface area contributed by atoms with Crippen molar-refractivity contribution < 1.29 is 14.5 Å². The molecule has 1 unspecified atom stereocenters. The Morgan fingerprint density at radius 2 is 1.86 bits per heavy atom. The maximum absolute atomic E-state index is 12.3. The zero-order valence-corrected chi connectivity index (χ0v) is 13.0. The first-order chi connectivity index (χ1) is 9.72. The summed E-state index contributed by atoms with van der Waals surface area (Å²) in [7, 11) is 0. The van der Waals surface area contributed by atoms with E-state index in [2.05, 4.69) is 10.6 Å². The third-order valence-electron chi connectivity index (χ3n) is 3.84. The molecule has 0 aromatic heterocycles. The summed E-state index contributed by atoms with van der Waals surface area (Å²) in [6.07, 6.45) is 5.16. The molecule has 1 fully saturated rings. The predicted octanol–water partition coefficient (Wildman–Crippen LogP) is 1.39. The molecule has 7 nitrogen and oxygen atoms in total. The van der Waals surface area contributed by atoms with Gasteiger partial charge in [0.25, 0.3) is 0 Å². The Morgan fingerprint density at radius 3 is 2.33 bits per heavy atom. The highest BCUT2D eigenvalue weighted by Crippen LogP contribution is 2.19. The summed E-state index contributed by atoms with van der Waals surface area (Å²) in [5.41, 5.74) is -1.27. The minimum atomic E-state index is -1.27. The van der Waals surface area contributed by atoms with Gasteiger partial charge in [0, 0.05) is 38.2 Å². The fourth-order valence-corrected chi connectivity index (χ4v) is 2.58. The molecule has 1 rings (SSSR count). The first-order valence-electron chi connectivity index (χ1n) is 7.44. The van der Waals surface area contributed by atoms with Crippen molar-refractivity contribution in [3.05, 3.63) is 10.1 Å². The third-order valence-corrected chi connectivity index (χ3v) is 3.84. The van der Waals surface area contributed by atoms with E-state index in [0.717, 1.165) is 25.7 Å². The van der Waals surface area contributed by atoms with E-state index < -0.39 is 16.5 Å². The summed E-state index contributed by atoms with van der Waals surface area (Å²) in [5.74, 6) is -0.690. The molecule has 0 aromatic rings. The number of nitro groups is 1. The second-order valence-corrected chi connectivity index (χ2v) is 6.37. The van der Waals surface area contributed by atoms with Crippen molar-refractivity contribution in [2.75, 3.05) is 0 Å². The van der Waals surface area contributed by atoms with Crippen molar-refractivity contribution in [1.82, 2.24) is 10.6 Å². The van der Waals surface area contributed by atoms with Gasteiger partial charge < -0.3 is 10.6 Å². The summed E-state index contributed by atoms with van der Waals surface area (Å²) in [6.45, 7) is 4.21. The Morgan fingerprint density at radius 1 is 1.29 bits per heavy atom. The summed E-state index contributed by atoms with van der Waals surface area (Å²) < 4.78 is 0. The van der Waals surface area contributed by atoms with Gasteiger partial charge in [0.1, 0.15) is 6.04 Å². The number of rotatable bonds is 6. The average molecular weight is 299 g/mol. The molecular weight excluding hydrogens is 274 g/mol. The smallest absolute Gasteiger partial charge is 0.243 e. The number of carbonyl (C=O) groups excluding carboxylic acids is 2. The molecule has 1 atom stereocenters. The van der Waals surface area contributed by atoms with Crippen LogP contribution < -0.4 is 10.6 Å². The first-order valence-corrected chi connectivity index (χ1v) is 7.44. The highest BCUT2D eigenvalue weighted by atomic mass is 16.6. The van der Waals surface area contributed by atoms with Crippen LogP contribution in [0.4, 0.5) is 0 Å². The number of nitrogens with zero attached hydrogens (tertiary/aromatic N) is 1. The second-order valence-electron chi connectivity index (χ2n) is 6.37. The summed E-state index contributed by atoms with van der Waals surface area (Å²) in [6, 6.07) is -0.758. The first kappa shape index (κ1) is 17.4. The number of hydrogen-bond acceptors (Lipinski definition) is 4. The molecule has 7 heteroatoms. The lowest BCUT2D eigenvalue weighted by molar-refractivity contribution is -0.561. The van der Waals surface area contributed by atoms with Gasteiger partial charge in [-0.2, -0.15) is 0 Å². The SMILES string of the molecule is CC(=O)NC(CC(C)(C)[N+](=O)[O-])C(=O)NC1CCCCC1. The van der Waals surface area contributed by atoms with Crippen LogP contribution in [0.5, 0.6) is 0 Å². The topological polar surface area (TPSA) is 101 Å². The van der Waals surface area contributed by atoms with Gasteiger partial charge in [0.15, 0.2) is 0 Å². The standard InChI is InChI=1S/C14H25N3O4/c1-10(18)15-12(9-14(2,3)17(20)21)13(19)16-11-7-5-4-6-8-11/h11-12H,4-9H2,1-3H3,(H,15,18)(H,16,19). The Hall–Kier alpha value is -1.66. The molecule has 0 aliphatic heterocycles. The van der Waals surface area contributed by atoms with Gasteiger partial charge in [-0.05, 0) is 12.8 Å². The molecule has 1 aliphatic rings. The van der Waals surface area contributed by atoms with Crippen LogP contribution in [0.2, 0.25) is 0 Å². The normalized spacial score (nSPS) is 17.9. The Bertz CT molecular complexity index is 403. The van der Waals surface area contributed by atoms with E-state index in [1.54, 1.807) is 0 Å². The van der Waals surface area contributed by atoms with E-state index in [4.69, 9.17) is 0 Å². The van der Waals surface area contributed by atoms with Crippen LogP contribution >= 0.6 is 0 Å². The van der Waals surface area contributed by atoms with Crippen molar-refractivity contribution >= 4 is 11.8 Å². The molecule has 2 amide bonds. The van der Waals surface area contributed by atoms with E-state index in [9.17, 15) is 19.7 Å². The molecule has 0 aromatic carbocycles. The molecular formula is C14H25N3O4. The largest absolute Gasteiger partial charge is 0.352 e. The Labute approximate surface area is 125 Å². The molecule has 1 saturated carbocycles. The van der Waals surface area contributed by atoms with E-state index in [1.807, 2.05) is 0 Å². The van der Waals surface area contributed by atoms with Crippen LogP contribution in [-0.2, 0) is 9.59 Å². The molecule has 0 saturated heterocycles. The second kappa shape index (κ2) is 7.38. The quantitative estimate of drug-likeness (QED) is 0.571. The lowest BCUT2D eigenvalue weighted by Crippen LogP contribution is -2.53. The highest BCUT2D eigenvalue weighted by Gasteiger charge is 2.37. The Kier molecular flexibility index (Phi) is 6.11. The average Bonchev–Trinajstić information content (AvgIpc) is 2.38. The van der Waals surface area contributed by atoms with E-state index in [-0.39, 0.29) is 24.3 Å². The molecule has 0 radical (unpaired) electrons. The van der Waals surface area contributed by atoms with Crippen LogP contribution in [-0.4, -0.2) is 34.4 Å². The summed E-state index contributed by atoms with van der Waals surface area (Å²) >= 11 is 0. The minimum Gasteiger partial charge on any atom is -0.352 e. The third kappa shape index (κ3) is 5.69. The molecule has 0 bridgehead atoms. The van der Waals surface area contributed by atoms with Gasteiger partial charge >= 0.3 is 0 Å². The number of hydrogen-bond donors (Lipinski definition) is 2. The van der Waals surface area contributed by atoms with Gasteiger partial charge in [-0.1, -0.05) is 19.3 Å². The summed E-state index contributed by atoms with van der Waals surface area (Å²) in [4.78, 5) is 34.1. The van der Waals surface area contributed by atoms with Gasteiger partial charge in [-0.15, -0.1) is 0 Å². The van der Waals surface area contributed by atoms with Crippen LogP contribution in [0.3, 0.4) is 0 Å².